The highest BCUT2D eigenvalue weighted by Crippen LogP contribution is 2.39. The fourth-order valence-electron chi connectivity index (χ4n) is 4.82. The minimum absolute atomic E-state index is 0.179. The highest BCUT2D eigenvalue weighted by molar-refractivity contribution is 5.39. The summed E-state index contributed by atoms with van der Waals surface area (Å²) in [5, 5.41) is 15.2. The molecule has 1 N–H and O–H groups in total. The van der Waals surface area contributed by atoms with Crippen LogP contribution in [0.1, 0.15) is 31.0 Å². The van der Waals surface area contributed by atoms with Gasteiger partial charge < -0.3 is 14.6 Å². The van der Waals surface area contributed by atoms with Gasteiger partial charge in [0.1, 0.15) is 6.10 Å². The van der Waals surface area contributed by atoms with Crippen LogP contribution < -0.4 is 9.47 Å². The summed E-state index contributed by atoms with van der Waals surface area (Å²) in [5.41, 5.74) is 2.57. The molecule has 0 unspecified atom stereocenters. The van der Waals surface area contributed by atoms with Crippen LogP contribution in [0.5, 0.6) is 11.5 Å². The van der Waals surface area contributed by atoms with Gasteiger partial charge in [-0.1, -0.05) is 12.1 Å². The number of benzene rings is 1. The van der Waals surface area contributed by atoms with Gasteiger partial charge >= 0.3 is 0 Å². The average Bonchev–Trinajstić information content (AvgIpc) is 3.25. The normalized spacial score (nSPS) is 27.6. The van der Waals surface area contributed by atoms with Crippen molar-refractivity contribution in [2.45, 2.75) is 52.0 Å². The number of hydrogen-bond donors (Lipinski definition) is 1. The van der Waals surface area contributed by atoms with Crippen molar-refractivity contribution in [3.8, 4) is 11.5 Å². The van der Waals surface area contributed by atoms with Crippen LogP contribution >= 0.6 is 0 Å². The Morgan fingerprint density at radius 1 is 1.14 bits per heavy atom. The van der Waals surface area contributed by atoms with Crippen molar-refractivity contribution in [1.29, 1.82) is 0 Å². The average molecular weight is 386 g/mol. The third-order valence-corrected chi connectivity index (χ3v) is 6.41. The number of fused-ring (bicyclic) bond motifs is 1. The van der Waals surface area contributed by atoms with Crippen LogP contribution in [0.4, 0.5) is 0 Å². The van der Waals surface area contributed by atoms with E-state index < -0.39 is 6.10 Å². The fraction of sp³-hybridized carbons (Fsp3) is 0.591. The zero-order valence-electron chi connectivity index (χ0n) is 17.0. The molecule has 1 aromatic carbocycles. The molecular weight excluding hydrogens is 354 g/mol. The zero-order valence-corrected chi connectivity index (χ0v) is 17.0. The molecule has 4 atom stereocenters. The van der Waals surface area contributed by atoms with Crippen molar-refractivity contribution >= 4 is 0 Å². The topological polar surface area (TPSA) is 59.8 Å². The Bertz CT molecular complexity index is 806. The predicted molar refractivity (Wildman–Crippen MR) is 108 cm³/mol. The number of aryl methyl sites for hydroxylation is 1. The second-order valence-corrected chi connectivity index (χ2v) is 8.13. The van der Waals surface area contributed by atoms with E-state index in [0.29, 0.717) is 23.3 Å². The van der Waals surface area contributed by atoms with Gasteiger partial charge in [-0.3, -0.25) is 9.58 Å². The van der Waals surface area contributed by atoms with Crippen LogP contribution in [0.25, 0.3) is 0 Å². The van der Waals surface area contributed by atoms with Gasteiger partial charge in [0.15, 0.2) is 11.5 Å². The first-order chi connectivity index (χ1) is 13.6. The quantitative estimate of drug-likeness (QED) is 0.829. The van der Waals surface area contributed by atoms with Gasteiger partial charge in [0, 0.05) is 37.4 Å². The van der Waals surface area contributed by atoms with Gasteiger partial charge in [0.25, 0.3) is 0 Å². The van der Waals surface area contributed by atoms with E-state index in [-0.39, 0.29) is 6.10 Å². The van der Waals surface area contributed by atoms with E-state index >= 15 is 0 Å². The number of aliphatic hydroxyl groups is 1. The Morgan fingerprint density at radius 2 is 1.86 bits per heavy atom. The standard InChI is InChI=1S/C22H31N3O3/c1-4-25-15(2)18(11-23-25)14-24-12-16-9-19(26)22(10-17(16)13-24)28-21-8-6-5-7-20(21)27-3/h5-8,11,16-17,19,22,26H,4,9-10,12-14H2,1-3H3/t16-,17+,19+,22+/m0/s1. The van der Waals surface area contributed by atoms with Crippen molar-refractivity contribution in [2.75, 3.05) is 20.2 Å². The largest absolute Gasteiger partial charge is 0.493 e. The van der Waals surface area contributed by atoms with E-state index in [2.05, 4.69) is 28.5 Å². The summed E-state index contributed by atoms with van der Waals surface area (Å²) in [5.74, 6) is 2.52. The molecule has 2 heterocycles. The number of aromatic nitrogens is 2. The molecule has 1 saturated heterocycles. The third kappa shape index (κ3) is 3.76. The maximum Gasteiger partial charge on any atom is 0.161 e. The summed E-state index contributed by atoms with van der Waals surface area (Å²) in [4.78, 5) is 2.51. The van der Waals surface area contributed by atoms with Crippen molar-refractivity contribution < 1.29 is 14.6 Å². The van der Waals surface area contributed by atoms with E-state index in [9.17, 15) is 5.11 Å². The van der Waals surface area contributed by atoms with E-state index in [1.165, 1.54) is 11.3 Å². The van der Waals surface area contributed by atoms with Crippen molar-refractivity contribution in [1.82, 2.24) is 14.7 Å². The molecule has 1 aromatic heterocycles. The third-order valence-electron chi connectivity index (χ3n) is 6.41. The Balaban J connectivity index is 1.40. The van der Waals surface area contributed by atoms with Gasteiger partial charge in [0.2, 0.25) is 0 Å². The molecule has 2 fully saturated rings. The Morgan fingerprint density at radius 3 is 2.54 bits per heavy atom. The second-order valence-electron chi connectivity index (χ2n) is 8.13. The summed E-state index contributed by atoms with van der Waals surface area (Å²) in [6.07, 6.45) is 3.07. The second kappa shape index (κ2) is 8.13. The van der Waals surface area contributed by atoms with Crippen LogP contribution in [0.3, 0.4) is 0 Å². The molecule has 0 bridgehead atoms. The zero-order chi connectivity index (χ0) is 19.7. The first-order valence-electron chi connectivity index (χ1n) is 10.3. The number of rotatable bonds is 6. The lowest BCUT2D eigenvalue weighted by Crippen LogP contribution is -2.42. The van der Waals surface area contributed by atoms with E-state index in [1.807, 2.05) is 30.5 Å². The molecule has 1 aliphatic carbocycles. The summed E-state index contributed by atoms with van der Waals surface area (Å²) < 4.78 is 13.6. The maximum absolute atomic E-state index is 10.7. The molecule has 1 aliphatic heterocycles. The van der Waals surface area contributed by atoms with E-state index in [0.717, 1.165) is 39.0 Å². The number of para-hydroxylation sites is 2. The lowest BCUT2D eigenvalue weighted by Gasteiger charge is -2.35. The predicted octanol–water partition coefficient (Wildman–Crippen LogP) is 2.87. The minimum Gasteiger partial charge on any atom is -0.493 e. The monoisotopic (exact) mass is 385 g/mol. The fourth-order valence-corrected chi connectivity index (χ4v) is 4.82. The Hall–Kier alpha value is -2.05. The maximum atomic E-state index is 10.7. The number of nitrogens with zero attached hydrogens (tertiary/aromatic N) is 3. The lowest BCUT2D eigenvalue weighted by atomic mass is 9.78. The molecule has 6 nitrogen and oxygen atoms in total. The van der Waals surface area contributed by atoms with Crippen LogP contribution in [-0.4, -0.2) is 52.2 Å². The van der Waals surface area contributed by atoms with Gasteiger partial charge in [-0.15, -0.1) is 0 Å². The first-order valence-corrected chi connectivity index (χ1v) is 10.3. The van der Waals surface area contributed by atoms with Crippen LogP contribution in [0, 0.1) is 18.8 Å². The molecule has 4 rings (SSSR count). The smallest absolute Gasteiger partial charge is 0.161 e. The number of methoxy groups -OCH3 is 1. The van der Waals surface area contributed by atoms with Gasteiger partial charge in [-0.25, -0.2) is 0 Å². The molecule has 0 amide bonds. The molecule has 0 radical (unpaired) electrons. The number of likely N-dealkylation sites (tertiary alicyclic amines) is 1. The summed E-state index contributed by atoms with van der Waals surface area (Å²) in [6, 6.07) is 7.67. The highest BCUT2D eigenvalue weighted by Gasteiger charge is 2.42. The molecule has 0 spiro atoms. The van der Waals surface area contributed by atoms with Gasteiger partial charge in [-0.05, 0) is 50.7 Å². The van der Waals surface area contributed by atoms with Gasteiger partial charge in [0.05, 0.1) is 19.4 Å². The van der Waals surface area contributed by atoms with Gasteiger partial charge in [-0.2, -0.15) is 5.10 Å². The number of aliphatic hydroxyl groups excluding tert-OH is 1. The molecule has 152 valence electrons. The van der Waals surface area contributed by atoms with Crippen molar-refractivity contribution in [3.05, 3.63) is 41.7 Å². The first kappa shape index (κ1) is 19.3. The number of ether oxygens (including phenoxy) is 2. The van der Waals surface area contributed by atoms with Crippen LogP contribution in [-0.2, 0) is 13.1 Å². The molecule has 28 heavy (non-hydrogen) atoms. The summed E-state index contributed by atoms with van der Waals surface area (Å²) in [7, 11) is 1.65. The lowest BCUT2D eigenvalue weighted by molar-refractivity contribution is -0.0240. The van der Waals surface area contributed by atoms with E-state index in [4.69, 9.17) is 9.47 Å². The number of hydrogen-bond acceptors (Lipinski definition) is 5. The molecule has 2 aliphatic rings. The van der Waals surface area contributed by atoms with Crippen molar-refractivity contribution in [3.63, 3.8) is 0 Å². The van der Waals surface area contributed by atoms with Crippen molar-refractivity contribution in [2.24, 2.45) is 11.8 Å². The minimum atomic E-state index is -0.435. The SMILES string of the molecule is CCn1ncc(CN2C[C@H]3C[C@@H](Oc4ccccc4OC)[C@H](O)C[C@H]3C2)c1C. The van der Waals surface area contributed by atoms with Crippen LogP contribution in [0.2, 0.25) is 0 Å². The Labute approximate surface area is 167 Å². The van der Waals surface area contributed by atoms with Crippen LogP contribution in [0.15, 0.2) is 30.5 Å². The van der Waals surface area contributed by atoms with E-state index in [1.54, 1.807) is 7.11 Å². The molecular formula is C22H31N3O3. The molecule has 6 heteroatoms. The Kier molecular flexibility index (Phi) is 5.60. The molecule has 1 saturated carbocycles. The highest BCUT2D eigenvalue weighted by atomic mass is 16.5. The molecule has 2 aromatic rings. The summed E-state index contributed by atoms with van der Waals surface area (Å²) in [6.45, 7) is 8.21. The summed E-state index contributed by atoms with van der Waals surface area (Å²) >= 11 is 0.